The zero-order valence-electron chi connectivity index (χ0n) is 11.4. The van der Waals surface area contributed by atoms with Crippen LogP contribution in [0.3, 0.4) is 0 Å². The molecule has 0 atom stereocenters. The van der Waals surface area contributed by atoms with Crippen LogP contribution in [0.2, 0.25) is 0 Å². The molecule has 0 bridgehead atoms. The summed E-state index contributed by atoms with van der Waals surface area (Å²) in [7, 11) is 2.00. The molecule has 4 nitrogen and oxygen atoms in total. The monoisotopic (exact) mass is 264 g/mol. The van der Waals surface area contributed by atoms with Gasteiger partial charge in [0.1, 0.15) is 0 Å². The Morgan fingerprint density at radius 3 is 2.83 bits per heavy atom. The highest BCUT2D eigenvalue weighted by Gasteiger charge is 2.12. The topological polar surface area (TPSA) is 42.7 Å². The smallest absolute Gasteiger partial charge is 0.168 e. The van der Waals surface area contributed by atoms with Crippen LogP contribution in [0, 0.1) is 12.8 Å². The second-order valence-corrected chi connectivity index (χ2v) is 6.00. The number of hydrogen-bond donors (Lipinski definition) is 1. The zero-order chi connectivity index (χ0) is 13.1. The minimum absolute atomic E-state index is 0.673. The van der Waals surface area contributed by atoms with Gasteiger partial charge in [-0.2, -0.15) is 0 Å². The lowest BCUT2D eigenvalue weighted by molar-refractivity contribution is 0.554. The number of nitrogens with one attached hydrogen (secondary N) is 1. The molecule has 0 aliphatic heterocycles. The number of aromatic nitrogens is 3. The summed E-state index contributed by atoms with van der Waals surface area (Å²) in [5.41, 5.74) is 1.11. The van der Waals surface area contributed by atoms with Crippen LogP contribution >= 0.6 is 11.3 Å². The van der Waals surface area contributed by atoms with Crippen molar-refractivity contribution in [1.29, 1.82) is 0 Å². The Morgan fingerprint density at radius 1 is 1.44 bits per heavy atom. The third-order valence-corrected chi connectivity index (χ3v) is 3.90. The third kappa shape index (κ3) is 2.97. The van der Waals surface area contributed by atoms with Crippen LogP contribution in [0.15, 0.2) is 12.4 Å². The van der Waals surface area contributed by atoms with Gasteiger partial charge < -0.3 is 9.88 Å². The van der Waals surface area contributed by atoms with Gasteiger partial charge in [0.2, 0.25) is 0 Å². The second kappa shape index (κ2) is 5.63. The predicted molar refractivity (Wildman–Crippen MR) is 75.6 cm³/mol. The molecule has 18 heavy (non-hydrogen) atoms. The van der Waals surface area contributed by atoms with Gasteiger partial charge in [0.25, 0.3) is 0 Å². The predicted octanol–water partition coefficient (Wildman–Crippen LogP) is 2.60. The first-order chi connectivity index (χ1) is 8.58. The molecule has 2 aromatic rings. The van der Waals surface area contributed by atoms with Crippen molar-refractivity contribution in [2.24, 2.45) is 13.0 Å². The van der Waals surface area contributed by atoms with E-state index in [0.717, 1.165) is 29.6 Å². The van der Waals surface area contributed by atoms with Crippen LogP contribution in [0.25, 0.3) is 10.8 Å². The van der Waals surface area contributed by atoms with Gasteiger partial charge in [0.05, 0.1) is 5.69 Å². The Labute approximate surface area is 112 Å². The normalized spacial score (nSPS) is 11.4. The molecule has 0 amide bonds. The van der Waals surface area contributed by atoms with Crippen LogP contribution in [0.1, 0.15) is 24.4 Å². The van der Waals surface area contributed by atoms with Crippen molar-refractivity contribution >= 4 is 11.3 Å². The molecule has 2 heterocycles. The van der Waals surface area contributed by atoms with Gasteiger partial charge in [-0.1, -0.05) is 13.8 Å². The first-order valence-corrected chi connectivity index (χ1v) is 7.04. The van der Waals surface area contributed by atoms with Crippen LogP contribution in [-0.2, 0) is 13.6 Å². The van der Waals surface area contributed by atoms with E-state index in [4.69, 9.17) is 0 Å². The summed E-state index contributed by atoms with van der Waals surface area (Å²) in [4.78, 5) is 10.2. The minimum atomic E-state index is 0.673. The molecule has 0 saturated carbocycles. The number of hydrogen-bond acceptors (Lipinski definition) is 4. The summed E-state index contributed by atoms with van der Waals surface area (Å²) < 4.78 is 2.00. The second-order valence-electron chi connectivity index (χ2n) is 4.91. The average molecular weight is 264 g/mol. The van der Waals surface area contributed by atoms with E-state index in [1.54, 1.807) is 11.3 Å². The van der Waals surface area contributed by atoms with E-state index in [9.17, 15) is 0 Å². The molecular formula is C13H20N4S. The summed E-state index contributed by atoms with van der Waals surface area (Å²) in [5.74, 6) is 1.62. The number of thiazole rings is 1. The molecule has 0 aliphatic carbocycles. The van der Waals surface area contributed by atoms with Crippen LogP contribution in [0.5, 0.6) is 0 Å². The highest BCUT2D eigenvalue weighted by molar-refractivity contribution is 7.15. The molecule has 5 heteroatoms. The van der Waals surface area contributed by atoms with Crippen LogP contribution in [0.4, 0.5) is 0 Å². The molecule has 0 aliphatic rings. The lowest BCUT2D eigenvalue weighted by Gasteiger charge is -2.05. The molecule has 2 rings (SSSR count). The van der Waals surface area contributed by atoms with Crippen molar-refractivity contribution in [3.63, 3.8) is 0 Å². The summed E-state index contributed by atoms with van der Waals surface area (Å²) >= 11 is 1.73. The standard InChI is InChI=1S/C13H20N4S/c1-9(2)7-14-8-11-10(3)16-13(18-11)12-15-5-6-17(12)4/h5-6,9,14H,7-8H2,1-4H3. The first kappa shape index (κ1) is 13.2. The Morgan fingerprint density at radius 2 is 2.22 bits per heavy atom. The van der Waals surface area contributed by atoms with Gasteiger partial charge in [-0.3, -0.25) is 0 Å². The number of aryl methyl sites for hydroxylation is 2. The Kier molecular flexibility index (Phi) is 4.14. The van der Waals surface area contributed by atoms with Gasteiger partial charge in [0, 0.05) is 30.9 Å². The van der Waals surface area contributed by atoms with E-state index in [2.05, 4.69) is 36.1 Å². The Hall–Kier alpha value is -1.20. The molecule has 0 unspecified atom stereocenters. The lowest BCUT2D eigenvalue weighted by atomic mass is 10.2. The number of imidazole rings is 1. The maximum absolute atomic E-state index is 4.61. The molecule has 0 fully saturated rings. The molecule has 0 radical (unpaired) electrons. The van der Waals surface area contributed by atoms with E-state index in [1.165, 1.54) is 4.88 Å². The van der Waals surface area contributed by atoms with Crippen molar-refractivity contribution in [2.75, 3.05) is 6.54 Å². The molecule has 98 valence electrons. The lowest BCUT2D eigenvalue weighted by Crippen LogP contribution is -2.18. The largest absolute Gasteiger partial charge is 0.332 e. The maximum Gasteiger partial charge on any atom is 0.168 e. The molecule has 0 aromatic carbocycles. The Bertz CT molecular complexity index is 513. The first-order valence-electron chi connectivity index (χ1n) is 6.22. The minimum Gasteiger partial charge on any atom is -0.332 e. The molecule has 1 N–H and O–H groups in total. The molecular weight excluding hydrogens is 244 g/mol. The highest BCUT2D eigenvalue weighted by atomic mass is 32.1. The number of rotatable bonds is 5. The quantitative estimate of drug-likeness (QED) is 0.902. The molecule has 0 spiro atoms. The average Bonchev–Trinajstić information content (AvgIpc) is 2.85. The third-order valence-electron chi connectivity index (χ3n) is 2.74. The maximum atomic E-state index is 4.61. The highest BCUT2D eigenvalue weighted by Crippen LogP contribution is 2.26. The zero-order valence-corrected chi connectivity index (χ0v) is 12.2. The SMILES string of the molecule is Cc1nc(-c2nccn2C)sc1CNCC(C)C. The summed E-state index contributed by atoms with van der Waals surface area (Å²) in [6.07, 6.45) is 3.76. The van der Waals surface area contributed by atoms with E-state index >= 15 is 0 Å². The van der Waals surface area contributed by atoms with Crippen LogP contribution in [-0.4, -0.2) is 21.1 Å². The van der Waals surface area contributed by atoms with E-state index in [0.29, 0.717) is 5.92 Å². The fourth-order valence-corrected chi connectivity index (χ4v) is 2.81. The fourth-order valence-electron chi connectivity index (χ4n) is 1.73. The summed E-state index contributed by atoms with van der Waals surface area (Å²) in [6.45, 7) is 8.42. The molecule has 2 aromatic heterocycles. The van der Waals surface area contributed by atoms with Crippen LogP contribution < -0.4 is 5.32 Å². The summed E-state index contributed by atoms with van der Waals surface area (Å²) in [6, 6.07) is 0. The van der Waals surface area contributed by atoms with Crippen molar-refractivity contribution in [3.8, 4) is 10.8 Å². The Balaban J connectivity index is 2.10. The number of nitrogens with zero attached hydrogens (tertiary/aromatic N) is 3. The fraction of sp³-hybridized carbons (Fsp3) is 0.538. The van der Waals surface area contributed by atoms with Gasteiger partial charge in [0.15, 0.2) is 10.8 Å². The van der Waals surface area contributed by atoms with E-state index in [-0.39, 0.29) is 0 Å². The van der Waals surface area contributed by atoms with Gasteiger partial charge in [-0.15, -0.1) is 11.3 Å². The van der Waals surface area contributed by atoms with Crippen molar-refractivity contribution in [2.45, 2.75) is 27.3 Å². The summed E-state index contributed by atoms with van der Waals surface area (Å²) in [5, 5.41) is 4.46. The van der Waals surface area contributed by atoms with Gasteiger partial charge in [-0.05, 0) is 19.4 Å². The molecule has 0 saturated heterocycles. The van der Waals surface area contributed by atoms with E-state index < -0.39 is 0 Å². The van der Waals surface area contributed by atoms with Crippen molar-refractivity contribution < 1.29 is 0 Å². The van der Waals surface area contributed by atoms with Crippen molar-refractivity contribution in [3.05, 3.63) is 23.0 Å². The van der Waals surface area contributed by atoms with Crippen molar-refractivity contribution in [1.82, 2.24) is 19.9 Å². The van der Waals surface area contributed by atoms with E-state index in [1.807, 2.05) is 24.0 Å². The van der Waals surface area contributed by atoms with Gasteiger partial charge >= 0.3 is 0 Å². The van der Waals surface area contributed by atoms with Gasteiger partial charge in [-0.25, -0.2) is 9.97 Å².